The van der Waals surface area contributed by atoms with E-state index in [0.29, 0.717) is 12.3 Å². The van der Waals surface area contributed by atoms with E-state index in [-0.39, 0.29) is 5.97 Å². The number of benzene rings is 1. The van der Waals surface area contributed by atoms with E-state index in [1.165, 1.54) is 76.9 Å². The van der Waals surface area contributed by atoms with E-state index in [0.717, 1.165) is 12.8 Å². The summed E-state index contributed by atoms with van der Waals surface area (Å²) in [4.78, 5) is 11.2. The molecule has 0 aliphatic carbocycles. The molecule has 0 aliphatic rings. The van der Waals surface area contributed by atoms with Gasteiger partial charge in [0.25, 0.3) is 0 Å². The Morgan fingerprint density at radius 3 is 2.33 bits per heavy atom. The van der Waals surface area contributed by atoms with Crippen LogP contribution in [0.15, 0.2) is 42.5 Å². The Hall–Kier alpha value is -1.57. The summed E-state index contributed by atoms with van der Waals surface area (Å²) in [7, 11) is 1.46. The van der Waals surface area contributed by atoms with Gasteiger partial charge in [-0.15, -0.1) is 0 Å². The van der Waals surface area contributed by atoms with Gasteiger partial charge in [0.15, 0.2) is 0 Å². The van der Waals surface area contributed by atoms with E-state index in [1.54, 1.807) is 0 Å². The molecule has 152 valence electrons. The first-order valence-electron chi connectivity index (χ1n) is 11.1. The van der Waals surface area contributed by atoms with Crippen LogP contribution in [0.25, 0.3) is 0 Å². The van der Waals surface area contributed by atoms with Crippen LogP contribution in [0, 0.1) is 0 Å². The number of allylic oxidation sites excluding steroid dienone is 2. The minimum absolute atomic E-state index is 0.0882. The maximum Gasteiger partial charge on any atom is 0.305 e. The predicted octanol–water partition coefficient (Wildman–Crippen LogP) is 7.59. The second-order valence-corrected chi connectivity index (χ2v) is 7.53. The van der Waals surface area contributed by atoms with E-state index in [2.05, 4.69) is 49.4 Å². The van der Waals surface area contributed by atoms with Crippen LogP contribution < -0.4 is 0 Å². The van der Waals surface area contributed by atoms with Crippen LogP contribution >= 0.6 is 0 Å². The molecule has 27 heavy (non-hydrogen) atoms. The number of esters is 1. The second kappa shape index (κ2) is 16.6. The first-order chi connectivity index (χ1) is 13.3. The van der Waals surface area contributed by atoms with Gasteiger partial charge in [0, 0.05) is 12.3 Å². The van der Waals surface area contributed by atoms with Gasteiger partial charge < -0.3 is 4.74 Å². The molecule has 1 rings (SSSR count). The third-order valence-corrected chi connectivity index (χ3v) is 5.19. The zero-order valence-corrected chi connectivity index (χ0v) is 17.6. The first-order valence-corrected chi connectivity index (χ1v) is 11.1. The van der Waals surface area contributed by atoms with Crippen molar-refractivity contribution < 1.29 is 9.53 Å². The molecule has 2 heteroatoms. The Morgan fingerprint density at radius 2 is 1.59 bits per heavy atom. The van der Waals surface area contributed by atoms with Crippen molar-refractivity contribution in [1.29, 1.82) is 0 Å². The van der Waals surface area contributed by atoms with E-state index in [1.807, 2.05) is 0 Å². The van der Waals surface area contributed by atoms with Gasteiger partial charge in [-0.05, 0) is 31.2 Å². The monoisotopic (exact) mass is 372 g/mol. The lowest BCUT2D eigenvalue weighted by molar-refractivity contribution is -0.140. The van der Waals surface area contributed by atoms with Crippen LogP contribution in [0.1, 0.15) is 102 Å². The summed E-state index contributed by atoms with van der Waals surface area (Å²) < 4.78 is 4.70. The van der Waals surface area contributed by atoms with Gasteiger partial charge in [0.05, 0.1) is 7.11 Å². The van der Waals surface area contributed by atoms with Crippen molar-refractivity contribution in [3.8, 4) is 0 Å². The maximum atomic E-state index is 11.2. The molecule has 0 amide bonds. The van der Waals surface area contributed by atoms with Crippen LogP contribution in [0.3, 0.4) is 0 Å². The highest BCUT2D eigenvalue weighted by Gasteiger charge is 2.07. The third-order valence-electron chi connectivity index (χ3n) is 5.19. The highest BCUT2D eigenvalue weighted by molar-refractivity contribution is 5.68. The second-order valence-electron chi connectivity index (χ2n) is 7.53. The van der Waals surface area contributed by atoms with E-state index < -0.39 is 0 Å². The molecular formula is C25H40O2. The SMILES string of the molecule is CCCCCCCC/C=C/C(CCCCCCC(=O)OC)c1ccccc1. The van der Waals surface area contributed by atoms with Crippen molar-refractivity contribution in [2.75, 3.05) is 7.11 Å². The van der Waals surface area contributed by atoms with Gasteiger partial charge in [-0.3, -0.25) is 4.79 Å². The van der Waals surface area contributed by atoms with Gasteiger partial charge in [-0.1, -0.05) is 101 Å². The predicted molar refractivity (Wildman–Crippen MR) is 116 cm³/mol. The fraction of sp³-hybridized carbons (Fsp3) is 0.640. The number of carbonyl (C=O) groups is 1. The lowest BCUT2D eigenvalue weighted by atomic mass is 9.92. The summed E-state index contributed by atoms with van der Waals surface area (Å²) in [6.07, 6.45) is 20.4. The molecule has 0 heterocycles. The van der Waals surface area contributed by atoms with Gasteiger partial charge in [0.1, 0.15) is 0 Å². The summed E-state index contributed by atoms with van der Waals surface area (Å²) in [6, 6.07) is 10.9. The summed E-state index contributed by atoms with van der Waals surface area (Å²) in [5.41, 5.74) is 1.42. The molecule has 0 aromatic heterocycles. The topological polar surface area (TPSA) is 26.3 Å². The Labute approximate surface area is 167 Å². The van der Waals surface area contributed by atoms with Crippen molar-refractivity contribution in [1.82, 2.24) is 0 Å². The summed E-state index contributed by atoms with van der Waals surface area (Å²) >= 11 is 0. The number of hydrogen-bond donors (Lipinski definition) is 0. The zero-order chi connectivity index (χ0) is 19.6. The largest absolute Gasteiger partial charge is 0.469 e. The van der Waals surface area contributed by atoms with E-state index in [4.69, 9.17) is 4.74 Å². The molecular weight excluding hydrogens is 332 g/mol. The number of unbranched alkanes of at least 4 members (excludes halogenated alkanes) is 9. The average Bonchev–Trinajstić information content (AvgIpc) is 2.71. The van der Waals surface area contributed by atoms with E-state index in [9.17, 15) is 4.79 Å². The maximum absolute atomic E-state index is 11.2. The molecule has 1 atom stereocenters. The van der Waals surface area contributed by atoms with Crippen molar-refractivity contribution in [2.24, 2.45) is 0 Å². The lowest BCUT2D eigenvalue weighted by Crippen LogP contribution is -1.99. The molecule has 0 saturated carbocycles. The minimum atomic E-state index is -0.0882. The molecule has 1 aromatic rings. The standard InChI is InChI=1S/C25H40O2/c1-3-4-5-6-7-8-9-13-18-23(24-20-15-12-16-21-24)19-14-10-11-17-22-25(26)27-2/h12-13,15-16,18,20-21,23H,3-11,14,17,19,22H2,1-2H3/b18-13+. The smallest absolute Gasteiger partial charge is 0.305 e. The molecule has 2 nitrogen and oxygen atoms in total. The molecule has 1 unspecified atom stereocenters. The van der Waals surface area contributed by atoms with Gasteiger partial charge in [-0.2, -0.15) is 0 Å². The van der Waals surface area contributed by atoms with Gasteiger partial charge in [-0.25, -0.2) is 0 Å². The minimum Gasteiger partial charge on any atom is -0.469 e. The van der Waals surface area contributed by atoms with E-state index >= 15 is 0 Å². The molecule has 0 aliphatic heterocycles. The molecule has 0 radical (unpaired) electrons. The third kappa shape index (κ3) is 12.4. The highest BCUT2D eigenvalue weighted by Crippen LogP contribution is 2.24. The molecule has 1 aromatic carbocycles. The Kier molecular flexibility index (Phi) is 14.4. The van der Waals surface area contributed by atoms with Gasteiger partial charge in [0.2, 0.25) is 0 Å². The van der Waals surface area contributed by atoms with Crippen LogP contribution in [0.5, 0.6) is 0 Å². The normalized spacial score (nSPS) is 12.4. The molecule has 0 spiro atoms. The molecule has 0 bridgehead atoms. The van der Waals surface area contributed by atoms with Crippen LogP contribution in [-0.4, -0.2) is 13.1 Å². The Bertz CT molecular complexity index is 492. The number of hydrogen-bond acceptors (Lipinski definition) is 2. The zero-order valence-electron chi connectivity index (χ0n) is 17.6. The summed E-state index contributed by atoms with van der Waals surface area (Å²) in [6.45, 7) is 2.27. The number of methoxy groups -OCH3 is 1. The highest BCUT2D eigenvalue weighted by atomic mass is 16.5. The Morgan fingerprint density at radius 1 is 0.926 bits per heavy atom. The Balaban J connectivity index is 2.30. The van der Waals surface area contributed by atoms with Crippen LogP contribution in [0.2, 0.25) is 0 Å². The van der Waals surface area contributed by atoms with Crippen molar-refractivity contribution in [3.05, 3.63) is 48.0 Å². The number of ether oxygens (including phenoxy) is 1. The fourth-order valence-electron chi connectivity index (χ4n) is 3.47. The van der Waals surface area contributed by atoms with Crippen LogP contribution in [0.4, 0.5) is 0 Å². The quantitative estimate of drug-likeness (QED) is 0.170. The van der Waals surface area contributed by atoms with Gasteiger partial charge >= 0.3 is 5.97 Å². The summed E-state index contributed by atoms with van der Waals surface area (Å²) in [5.74, 6) is 0.432. The molecule has 0 saturated heterocycles. The van der Waals surface area contributed by atoms with Crippen LogP contribution in [-0.2, 0) is 9.53 Å². The van der Waals surface area contributed by atoms with Crippen molar-refractivity contribution >= 4 is 5.97 Å². The fourth-order valence-corrected chi connectivity index (χ4v) is 3.47. The first kappa shape index (κ1) is 23.5. The average molecular weight is 373 g/mol. The lowest BCUT2D eigenvalue weighted by Gasteiger charge is -2.13. The number of carbonyl (C=O) groups excluding carboxylic acids is 1. The van der Waals surface area contributed by atoms with Crippen molar-refractivity contribution in [2.45, 2.75) is 96.3 Å². The summed E-state index contributed by atoms with van der Waals surface area (Å²) in [5, 5.41) is 0. The van der Waals surface area contributed by atoms with Crippen molar-refractivity contribution in [3.63, 3.8) is 0 Å². The molecule has 0 fully saturated rings. The molecule has 0 N–H and O–H groups in total. The number of rotatable bonds is 16.